The molecule has 1 amide bonds. The van der Waals surface area contributed by atoms with Crippen molar-refractivity contribution < 1.29 is 19.1 Å². The van der Waals surface area contributed by atoms with Crippen LogP contribution in [-0.2, 0) is 20.7 Å². The first-order chi connectivity index (χ1) is 9.76. The van der Waals surface area contributed by atoms with E-state index in [0.717, 1.165) is 11.4 Å². The minimum absolute atomic E-state index is 0.213. The van der Waals surface area contributed by atoms with Gasteiger partial charge < -0.3 is 9.47 Å². The number of ether oxygens (including phenoxy) is 2. The van der Waals surface area contributed by atoms with Crippen LogP contribution < -0.4 is 4.90 Å². The molecule has 0 spiro atoms. The second-order valence-electron chi connectivity index (χ2n) is 5.32. The van der Waals surface area contributed by atoms with Crippen LogP contribution in [0.25, 0.3) is 0 Å². The lowest BCUT2D eigenvalue weighted by atomic mass is 10.2. The van der Waals surface area contributed by atoms with E-state index in [4.69, 9.17) is 9.47 Å². The fraction of sp³-hybridized carbons (Fsp3) is 0.643. The number of hydrogen-bond acceptors (Lipinski definition) is 6. The van der Waals surface area contributed by atoms with Crippen molar-refractivity contribution in [1.82, 2.24) is 4.98 Å². The molecule has 21 heavy (non-hydrogen) atoms. The molecule has 1 aromatic rings. The highest BCUT2D eigenvalue weighted by atomic mass is 32.1. The van der Waals surface area contributed by atoms with E-state index in [1.807, 2.05) is 6.92 Å². The summed E-state index contributed by atoms with van der Waals surface area (Å²) in [6.45, 7) is 9.05. The van der Waals surface area contributed by atoms with E-state index in [1.165, 1.54) is 16.2 Å². The van der Waals surface area contributed by atoms with Gasteiger partial charge in [0.15, 0.2) is 0 Å². The molecule has 7 heteroatoms. The molecule has 0 fully saturated rings. The van der Waals surface area contributed by atoms with Gasteiger partial charge in [0.1, 0.15) is 18.0 Å². The normalized spacial score (nSPS) is 11.1. The predicted molar refractivity (Wildman–Crippen MR) is 81.7 cm³/mol. The average molecular weight is 314 g/mol. The zero-order valence-corrected chi connectivity index (χ0v) is 14.0. The summed E-state index contributed by atoms with van der Waals surface area (Å²) >= 11 is 1.44. The minimum atomic E-state index is -0.645. The Morgan fingerprint density at radius 2 is 2.00 bits per heavy atom. The predicted octanol–water partition coefficient (Wildman–Crippen LogP) is 3.01. The van der Waals surface area contributed by atoms with E-state index in [1.54, 1.807) is 33.1 Å². The third-order valence-electron chi connectivity index (χ3n) is 2.33. The number of hydrogen-bond donors (Lipinski definition) is 0. The number of esters is 1. The molecule has 118 valence electrons. The molecule has 6 nitrogen and oxygen atoms in total. The third-order valence-corrected chi connectivity index (χ3v) is 3.31. The van der Waals surface area contributed by atoms with Crippen LogP contribution in [-0.4, -0.2) is 35.8 Å². The van der Waals surface area contributed by atoms with E-state index >= 15 is 0 Å². The molecular weight excluding hydrogens is 292 g/mol. The van der Waals surface area contributed by atoms with Crippen LogP contribution in [0.5, 0.6) is 0 Å². The Kier molecular flexibility index (Phi) is 6.14. The van der Waals surface area contributed by atoms with Crippen LogP contribution in [0.3, 0.4) is 0 Å². The number of thiazole rings is 1. The molecule has 1 heterocycles. The maximum Gasteiger partial charge on any atom is 0.416 e. The number of aryl methyl sites for hydroxylation is 1. The van der Waals surface area contributed by atoms with Crippen LogP contribution in [0.15, 0.2) is 5.38 Å². The fourth-order valence-electron chi connectivity index (χ4n) is 1.48. The van der Waals surface area contributed by atoms with Gasteiger partial charge in [0, 0.05) is 5.38 Å². The topological polar surface area (TPSA) is 68.7 Å². The molecule has 0 aliphatic heterocycles. The van der Waals surface area contributed by atoms with Crippen molar-refractivity contribution >= 4 is 29.2 Å². The van der Waals surface area contributed by atoms with Crippen molar-refractivity contribution in [2.45, 2.75) is 46.6 Å². The lowest BCUT2D eigenvalue weighted by Crippen LogP contribution is -2.40. The second-order valence-corrected chi connectivity index (χ2v) is 6.27. The highest BCUT2D eigenvalue weighted by Gasteiger charge is 2.27. The van der Waals surface area contributed by atoms with E-state index in [-0.39, 0.29) is 13.2 Å². The Labute approximate surface area is 129 Å². The molecule has 0 N–H and O–H groups in total. The van der Waals surface area contributed by atoms with Gasteiger partial charge in [0.05, 0.1) is 11.6 Å². The van der Waals surface area contributed by atoms with Crippen LogP contribution in [0.1, 0.15) is 39.6 Å². The molecule has 0 aromatic carbocycles. The zero-order valence-electron chi connectivity index (χ0n) is 13.1. The largest absolute Gasteiger partial charge is 0.465 e. The van der Waals surface area contributed by atoms with E-state index in [9.17, 15) is 9.59 Å². The third kappa shape index (κ3) is 5.71. The van der Waals surface area contributed by atoms with Crippen molar-refractivity contribution in [2.75, 3.05) is 18.1 Å². The average Bonchev–Trinajstić information content (AvgIpc) is 2.82. The van der Waals surface area contributed by atoms with Crippen molar-refractivity contribution in [1.29, 1.82) is 0 Å². The first kappa shape index (κ1) is 17.4. The van der Waals surface area contributed by atoms with Gasteiger partial charge in [0.25, 0.3) is 0 Å². The molecular formula is C14H22N2O4S. The summed E-state index contributed by atoms with van der Waals surface area (Å²) in [5.74, 6) is -0.0754. The molecule has 0 unspecified atom stereocenters. The van der Waals surface area contributed by atoms with Crippen molar-refractivity contribution in [3.63, 3.8) is 0 Å². The number of anilines is 1. The van der Waals surface area contributed by atoms with Gasteiger partial charge in [-0.25, -0.2) is 14.7 Å². The summed E-state index contributed by atoms with van der Waals surface area (Å²) in [5.41, 5.74) is -0.645. The first-order valence-electron chi connectivity index (χ1n) is 6.87. The molecule has 0 atom stereocenters. The van der Waals surface area contributed by atoms with E-state index in [0.29, 0.717) is 5.82 Å². The lowest BCUT2D eigenvalue weighted by Gasteiger charge is -2.25. The number of aromatic nitrogens is 1. The molecule has 0 aliphatic rings. The summed E-state index contributed by atoms with van der Waals surface area (Å²) < 4.78 is 10.2. The molecule has 0 saturated carbocycles. The van der Waals surface area contributed by atoms with E-state index < -0.39 is 17.7 Å². The number of amides is 1. The van der Waals surface area contributed by atoms with Crippen molar-refractivity contribution in [3.8, 4) is 0 Å². The summed E-state index contributed by atoms with van der Waals surface area (Å²) in [5, 5.41) is 2.63. The molecule has 0 saturated heterocycles. The highest BCUT2D eigenvalue weighted by molar-refractivity contribution is 7.10. The quantitative estimate of drug-likeness (QED) is 0.781. The Morgan fingerprint density at radius 1 is 1.33 bits per heavy atom. The maximum absolute atomic E-state index is 12.3. The van der Waals surface area contributed by atoms with Crippen molar-refractivity contribution in [3.05, 3.63) is 10.4 Å². The monoisotopic (exact) mass is 314 g/mol. The van der Waals surface area contributed by atoms with Crippen LogP contribution in [0.2, 0.25) is 0 Å². The number of carbonyl (C=O) groups excluding carboxylic acids is 2. The van der Waals surface area contributed by atoms with Crippen LogP contribution >= 0.6 is 11.3 Å². The van der Waals surface area contributed by atoms with Crippen LogP contribution in [0.4, 0.5) is 10.6 Å². The fourth-order valence-corrected chi connectivity index (χ4v) is 2.21. The molecule has 1 aromatic heterocycles. The summed E-state index contributed by atoms with van der Waals surface area (Å²) in [6.07, 6.45) is 0.162. The van der Waals surface area contributed by atoms with Gasteiger partial charge in [-0.2, -0.15) is 0 Å². The molecule has 1 rings (SSSR count). The second kappa shape index (κ2) is 7.40. The van der Waals surface area contributed by atoms with Gasteiger partial charge in [-0.05, 0) is 34.1 Å². The molecule has 0 radical (unpaired) electrons. The first-order valence-corrected chi connectivity index (χ1v) is 7.75. The minimum Gasteiger partial charge on any atom is -0.465 e. The summed E-state index contributed by atoms with van der Waals surface area (Å²) in [6, 6.07) is 0. The van der Waals surface area contributed by atoms with Gasteiger partial charge >= 0.3 is 12.1 Å². The number of carbonyl (C=O) groups is 2. The smallest absolute Gasteiger partial charge is 0.416 e. The van der Waals surface area contributed by atoms with Gasteiger partial charge in [-0.1, -0.05) is 6.92 Å². The van der Waals surface area contributed by atoms with Crippen molar-refractivity contribution in [2.24, 2.45) is 0 Å². The number of nitrogens with zero attached hydrogens (tertiary/aromatic N) is 2. The standard InChI is InChI=1S/C14H22N2O4S/c1-6-11-15-10(9-21-11)16(8-12(17)19-7-2)13(18)20-14(3,4)5/h9H,6-8H2,1-5H3. The Hall–Kier alpha value is -1.63. The van der Waals surface area contributed by atoms with Crippen LogP contribution in [0, 0.1) is 0 Å². The molecule has 0 aliphatic carbocycles. The molecule has 0 bridgehead atoms. The van der Waals surface area contributed by atoms with Gasteiger partial charge in [-0.3, -0.25) is 4.79 Å². The summed E-state index contributed by atoms with van der Waals surface area (Å²) in [4.78, 5) is 29.5. The van der Waals surface area contributed by atoms with E-state index in [2.05, 4.69) is 4.98 Å². The lowest BCUT2D eigenvalue weighted by molar-refractivity contribution is -0.141. The summed E-state index contributed by atoms with van der Waals surface area (Å²) in [7, 11) is 0. The zero-order chi connectivity index (χ0) is 16.0. The number of rotatable bonds is 5. The Bertz CT molecular complexity index is 493. The Balaban J connectivity index is 2.93. The highest BCUT2D eigenvalue weighted by Crippen LogP contribution is 2.21. The van der Waals surface area contributed by atoms with Gasteiger partial charge in [-0.15, -0.1) is 11.3 Å². The van der Waals surface area contributed by atoms with Gasteiger partial charge in [0.2, 0.25) is 0 Å². The SMILES string of the molecule is CCOC(=O)CN(C(=O)OC(C)(C)C)c1csc(CC)n1. The Morgan fingerprint density at radius 3 is 2.48 bits per heavy atom. The maximum atomic E-state index is 12.3.